The lowest BCUT2D eigenvalue weighted by Gasteiger charge is -2.11. The number of anilines is 1. The van der Waals surface area contributed by atoms with Crippen molar-refractivity contribution in [2.75, 3.05) is 18.1 Å². The van der Waals surface area contributed by atoms with E-state index in [-0.39, 0.29) is 5.25 Å². The first-order valence-corrected chi connectivity index (χ1v) is 7.39. The van der Waals surface area contributed by atoms with Crippen molar-refractivity contribution in [3.8, 4) is 6.07 Å². The van der Waals surface area contributed by atoms with Crippen LogP contribution in [-0.2, 0) is 10.8 Å². The van der Waals surface area contributed by atoms with Gasteiger partial charge in [-0.25, -0.2) is 0 Å². The third-order valence-electron chi connectivity index (χ3n) is 2.98. The zero-order valence-corrected chi connectivity index (χ0v) is 12.0. The van der Waals surface area contributed by atoms with Crippen molar-refractivity contribution >= 4 is 16.6 Å². The summed E-state index contributed by atoms with van der Waals surface area (Å²) in [5.41, 5.74) is 2.15. The number of aryl methyl sites for hydroxylation is 1. The number of hydrogen-bond donors (Lipinski definition) is 1. The Labute approximate surface area is 110 Å². The molecule has 6 heteroatoms. The monoisotopic (exact) mass is 266 g/mol. The molecule has 0 amide bonds. The number of nitrogens with one attached hydrogen (secondary N) is 1. The molecule has 0 fully saturated rings. The summed E-state index contributed by atoms with van der Waals surface area (Å²) in [6.45, 7) is 6.26. The normalized spacial score (nSPS) is 13.7. The van der Waals surface area contributed by atoms with E-state index in [0.29, 0.717) is 17.9 Å². The van der Waals surface area contributed by atoms with Crippen LogP contribution in [0.2, 0.25) is 0 Å². The number of hydrogen-bond acceptors (Lipinski definition) is 5. The number of aromatic nitrogens is 2. The number of rotatable bonds is 5. The molecule has 0 aliphatic rings. The summed E-state index contributed by atoms with van der Waals surface area (Å²) >= 11 is 0. The van der Waals surface area contributed by atoms with Gasteiger partial charge < -0.3 is 5.32 Å². The molecular formula is C12H18N4OS. The molecule has 2 atom stereocenters. The van der Waals surface area contributed by atoms with Gasteiger partial charge in [0.25, 0.3) is 0 Å². The Balaban J connectivity index is 2.72. The fourth-order valence-electron chi connectivity index (χ4n) is 1.43. The van der Waals surface area contributed by atoms with Gasteiger partial charge in [-0.15, -0.1) is 5.10 Å². The summed E-state index contributed by atoms with van der Waals surface area (Å²) in [6.07, 6.45) is 2.46. The van der Waals surface area contributed by atoms with Crippen molar-refractivity contribution in [2.45, 2.75) is 32.4 Å². The molecule has 98 valence electrons. The van der Waals surface area contributed by atoms with E-state index in [1.165, 1.54) is 0 Å². The summed E-state index contributed by atoms with van der Waals surface area (Å²) in [6, 6.07) is 2.14. The Bertz CT molecular complexity index is 496. The summed E-state index contributed by atoms with van der Waals surface area (Å²) in [4.78, 5) is 0. The van der Waals surface area contributed by atoms with E-state index in [4.69, 9.17) is 5.26 Å². The lowest BCUT2D eigenvalue weighted by Crippen LogP contribution is -2.16. The first-order chi connectivity index (χ1) is 8.47. The Kier molecular flexibility index (Phi) is 5.23. The van der Waals surface area contributed by atoms with E-state index < -0.39 is 10.8 Å². The van der Waals surface area contributed by atoms with Gasteiger partial charge in [-0.1, -0.05) is 6.92 Å². The molecule has 1 rings (SSSR count). The molecule has 1 N–H and O–H groups in total. The van der Waals surface area contributed by atoms with E-state index in [0.717, 1.165) is 17.7 Å². The predicted molar refractivity (Wildman–Crippen MR) is 72.9 cm³/mol. The van der Waals surface area contributed by atoms with E-state index in [9.17, 15) is 4.21 Å². The summed E-state index contributed by atoms with van der Waals surface area (Å²) < 4.78 is 11.2. The highest BCUT2D eigenvalue weighted by Gasteiger charge is 2.11. The van der Waals surface area contributed by atoms with Gasteiger partial charge in [0, 0.05) is 28.9 Å². The second-order valence-electron chi connectivity index (χ2n) is 4.27. The molecule has 0 radical (unpaired) electrons. The van der Waals surface area contributed by atoms with Gasteiger partial charge in [0.15, 0.2) is 5.82 Å². The number of nitriles is 1. The van der Waals surface area contributed by atoms with Crippen LogP contribution in [0.3, 0.4) is 0 Å². The van der Waals surface area contributed by atoms with Crippen LogP contribution < -0.4 is 5.32 Å². The maximum absolute atomic E-state index is 11.2. The minimum absolute atomic E-state index is 0.127. The van der Waals surface area contributed by atoms with Crippen molar-refractivity contribution < 1.29 is 4.21 Å². The van der Waals surface area contributed by atoms with Crippen LogP contribution in [-0.4, -0.2) is 32.5 Å². The zero-order chi connectivity index (χ0) is 13.7. The SMILES string of the molecule is Cc1nnc(NCCC(C)S(C)=O)c(C#N)c1C. The molecule has 0 aliphatic heterocycles. The second kappa shape index (κ2) is 6.45. The summed E-state index contributed by atoms with van der Waals surface area (Å²) in [5, 5.41) is 20.3. The average molecular weight is 266 g/mol. The van der Waals surface area contributed by atoms with Crippen molar-refractivity contribution in [3.05, 3.63) is 16.8 Å². The van der Waals surface area contributed by atoms with Gasteiger partial charge >= 0.3 is 0 Å². The van der Waals surface area contributed by atoms with Gasteiger partial charge in [-0.05, 0) is 25.8 Å². The van der Waals surface area contributed by atoms with E-state index in [1.807, 2.05) is 20.8 Å². The van der Waals surface area contributed by atoms with Crippen molar-refractivity contribution in [2.24, 2.45) is 0 Å². The molecule has 0 aromatic carbocycles. The smallest absolute Gasteiger partial charge is 0.166 e. The van der Waals surface area contributed by atoms with Gasteiger partial charge in [0.05, 0.1) is 5.69 Å². The van der Waals surface area contributed by atoms with Crippen LogP contribution in [0.5, 0.6) is 0 Å². The van der Waals surface area contributed by atoms with Crippen LogP contribution in [0.4, 0.5) is 5.82 Å². The molecule has 0 saturated heterocycles. The van der Waals surface area contributed by atoms with E-state index >= 15 is 0 Å². The fourth-order valence-corrected chi connectivity index (χ4v) is 1.88. The van der Waals surface area contributed by atoms with Gasteiger partial charge in [-0.2, -0.15) is 10.4 Å². The maximum Gasteiger partial charge on any atom is 0.166 e. The summed E-state index contributed by atoms with van der Waals surface area (Å²) in [5.74, 6) is 0.509. The van der Waals surface area contributed by atoms with Crippen molar-refractivity contribution in [1.29, 1.82) is 5.26 Å². The van der Waals surface area contributed by atoms with Crippen molar-refractivity contribution in [3.63, 3.8) is 0 Å². The Hall–Kier alpha value is -1.48. The molecule has 18 heavy (non-hydrogen) atoms. The highest BCUT2D eigenvalue weighted by molar-refractivity contribution is 7.84. The quantitative estimate of drug-likeness (QED) is 0.874. The first-order valence-electron chi connectivity index (χ1n) is 5.77. The van der Waals surface area contributed by atoms with E-state index in [1.54, 1.807) is 6.26 Å². The predicted octanol–water partition coefficient (Wildman–Crippen LogP) is 1.53. The van der Waals surface area contributed by atoms with Gasteiger partial charge in [-0.3, -0.25) is 4.21 Å². The minimum atomic E-state index is -0.824. The third kappa shape index (κ3) is 3.50. The highest BCUT2D eigenvalue weighted by Crippen LogP contribution is 2.17. The van der Waals surface area contributed by atoms with E-state index in [2.05, 4.69) is 21.6 Å². The zero-order valence-electron chi connectivity index (χ0n) is 11.1. The lowest BCUT2D eigenvalue weighted by molar-refractivity contribution is 0.672. The summed E-state index contributed by atoms with van der Waals surface area (Å²) in [7, 11) is -0.824. The topological polar surface area (TPSA) is 78.7 Å². The van der Waals surface area contributed by atoms with Crippen LogP contribution >= 0.6 is 0 Å². The van der Waals surface area contributed by atoms with Crippen LogP contribution in [0.1, 0.15) is 30.2 Å². The Morgan fingerprint density at radius 2 is 2.11 bits per heavy atom. The molecular weight excluding hydrogens is 248 g/mol. The lowest BCUT2D eigenvalue weighted by atomic mass is 10.1. The first kappa shape index (κ1) is 14.6. The van der Waals surface area contributed by atoms with Gasteiger partial charge in [0.1, 0.15) is 11.6 Å². The molecule has 0 bridgehead atoms. The maximum atomic E-state index is 11.2. The average Bonchev–Trinajstić information content (AvgIpc) is 2.33. The van der Waals surface area contributed by atoms with Crippen LogP contribution in [0.25, 0.3) is 0 Å². The number of nitrogens with zero attached hydrogens (tertiary/aromatic N) is 3. The fraction of sp³-hybridized carbons (Fsp3) is 0.583. The molecule has 1 heterocycles. The Morgan fingerprint density at radius 1 is 1.44 bits per heavy atom. The standard InChI is InChI=1S/C12H18N4OS/c1-8(18(4)17)5-6-14-12-11(7-13)9(2)10(3)15-16-12/h8H,5-6H2,1-4H3,(H,14,16). The molecule has 0 aliphatic carbocycles. The molecule has 0 spiro atoms. The minimum Gasteiger partial charge on any atom is -0.367 e. The second-order valence-corrected chi connectivity index (χ2v) is 6.07. The largest absolute Gasteiger partial charge is 0.367 e. The van der Waals surface area contributed by atoms with Gasteiger partial charge in [0.2, 0.25) is 0 Å². The molecule has 0 saturated carbocycles. The molecule has 5 nitrogen and oxygen atoms in total. The molecule has 1 aromatic heterocycles. The highest BCUT2D eigenvalue weighted by atomic mass is 32.2. The van der Waals surface area contributed by atoms with Crippen LogP contribution in [0, 0.1) is 25.2 Å². The van der Waals surface area contributed by atoms with Crippen LogP contribution in [0.15, 0.2) is 0 Å². The molecule has 1 aromatic rings. The molecule has 2 unspecified atom stereocenters. The van der Waals surface area contributed by atoms with Crippen molar-refractivity contribution in [1.82, 2.24) is 10.2 Å². The third-order valence-corrected chi connectivity index (χ3v) is 4.35. The Morgan fingerprint density at radius 3 is 2.67 bits per heavy atom.